The molecule has 1 aromatic rings. The Morgan fingerprint density at radius 2 is 2.12 bits per heavy atom. The van der Waals surface area contributed by atoms with E-state index >= 15 is 0 Å². The van der Waals surface area contributed by atoms with Crippen molar-refractivity contribution in [1.29, 1.82) is 0 Å². The van der Waals surface area contributed by atoms with Crippen molar-refractivity contribution in [3.63, 3.8) is 0 Å². The van der Waals surface area contributed by atoms with Crippen LogP contribution in [0.2, 0.25) is 0 Å². The van der Waals surface area contributed by atoms with Gasteiger partial charge >= 0.3 is 0 Å². The van der Waals surface area contributed by atoms with E-state index in [-0.39, 0.29) is 0 Å². The Kier molecular flexibility index (Phi) is 3.67. The maximum Gasteiger partial charge on any atom is 0.123 e. The van der Waals surface area contributed by atoms with Crippen LogP contribution in [0.4, 0.5) is 5.82 Å². The normalized spacial score (nSPS) is 21.1. The zero-order chi connectivity index (χ0) is 12.3. The SMILES string of the molecule is CC(O)(Cc1ccnc(N)c1)C1CCCCC1. The van der Waals surface area contributed by atoms with Crippen LogP contribution in [0.1, 0.15) is 44.6 Å². The Labute approximate surface area is 103 Å². The molecule has 0 bridgehead atoms. The summed E-state index contributed by atoms with van der Waals surface area (Å²) >= 11 is 0. The van der Waals surface area contributed by atoms with Crippen LogP contribution < -0.4 is 5.73 Å². The van der Waals surface area contributed by atoms with E-state index in [1.54, 1.807) is 6.20 Å². The maximum absolute atomic E-state index is 10.6. The molecule has 1 aliphatic carbocycles. The fraction of sp³-hybridized carbons (Fsp3) is 0.643. The third-order valence-corrected chi connectivity index (χ3v) is 3.89. The first kappa shape index (κ1) is 12.4. The van der Waals surface area contributed by atoms with Gasteiger partial charge in [-0.25, -0.2) is 4.98 Å². The maximum atomic E-state index is 10.6. The first-order valence-corrected chi connectivity index (χ1v) is 6.51. The van der Waals surface area contributed by atoms with Crippen molar-refractivity contribution in [3.8, 4) is 0 Å². The number of anilines is 1. The Bertz CT molecular complexity index is 370. The van der Waals surface area contributed by atoms with Gasteiger partial charge in [-0.3, -0.25) is 0 Å². The first-order chi connectivity index (χ1) is 8.08. The van der Waals surface area contributed by atoms with Crippen LogP contribution in [0.25, 0.3) is 0 Å². The van der Waals surface area contributed by atoms with E-state index in [4.69, 9.17) is 5.73 Å². The molecule has 0 aliphatic heterocycles. The van der Waals surface area contributed by atoms with E-state index < -0.39 is 5.60 Å². The number of aromatic nitrogens is 1. The van der Waals surface area contributed by atoms with Crippen molar-refractivity contribution in [1.82, 2.24) is 4.98 Å². The van der Waals surface area contributed by atoms with Crippen LogP contribution in [0.5, 0.6) is 0 Å². The second kappa shape index (κ2) is 5.05. The van der Waals surface area contributed by atoms with E-state index in [1.807, 2.05) is 19.1 Å². The van der Waals surface area contributed by atoms with E-state index in [0.717, 1.165) is 18.4 Å². The molecule has 1 atom stereocenters. The first-order valence-electron chi connectivity index (χ1n) is 6.51. The van der Waals surface area contributed by atoms with Gasteiger partial charge in [-0.2, -0.15) is 0 Å². The molecule has 0 spiro atoms. The van der Waals surface area contributed by atoms with E-state index in [9.17, 15) is 5.11 Å². The monoisotopic (exact) mass is 234 g/mol. The fourth-order valence-electron chi connectivity index (χ4n) is 2.89. The number of aliphatic hydroxyl groups is 1. The minimum atomic E-state index is -0.617. The van der Waals surface area contributed by atoms with Crippen molar-refractivity contribution < 1.29 is 5.11 Å². The summed E-state index contributed by atoms with van der Waals surface area (Å²) in [5.74, 6) is 0.951. The molecule has 3 nitrogen and oxygen atoms in total. The largest absolute Gasteiger partial charge is 0.390 e. The quantitative estimate of drug-likeness (QED) is 0.845. The lowest BCUT2D eigenvalue weighted by Gasteiger charge is -2.35. The molecule has 0 radical (unpaired) electrons. The zero-order valence-electron chi connectivity index (χ0n) is 10.5. The fourth-order valence-corrected chi connectivity index (χ4v) is 2.89. The highest BCUT2D eigenvalue weighted by Gasteiger charge is 2.32. The second-order valence-corrected chi connectivity index (χ2v) is 5.46. The average molecular weight is 234 g/mol. The Morgan fingerprint density at radius 3 is 2.76 bits per heavy atom. The van der Waals surface area contributed by atoms with Crippen LogP contribution in [-0.2, 0) is 6.42 Å². The molecule has 0 amide bonds. The number of hydrogen-bond acceptors (Lipinski definition) is 3. The summed E-state index contributed by atoms with van der Waals surface area (Å²) in [6, 6.07) is 3.80. The number of nitrogens with two attached hydrogens (primary N) is 1. The summed E-state index contributed by atoms with van der Waals surface area (Å²) in [7, 11) is 0. The molecule has 0 aromatic carbocycles. The molecule has 3 heteroatoms. The molecule has 17 heavy (non-hydrogen) atoms. The van der Waals surface area contributed by atoms with Gasteiger partial charge in [-0.1, -0.05) is 19.3 Å². The highest BCUT2D eigenvalue weighted by molar-refractivity contribution is 5.32. The number of hydrogen-bond donors (Lipinski definition) is 2. The van der Waals surface area contributed by atoms with Gasteiger partial charge in [0, 0.05) is 12.6 Å². The molecule has 0 saturated heterocycles. The molecule has 1 saturated carbocycles. The van der Waals surface area contributed by atoms with Gasteiger partial charge in [0.05, 0.1) is 5.60 Å². The molecule has 3 N–H and O–H groups in total. The summed E-state index contributed by atoms with van der Waals surface area (Å²) < 4.78 is 0. The smallest absolute Gasteiger partial charge is 0.123 e. The van der Waals surface area contributed by atoms with Gasteiger partial charge in [0.25, 0.3) is 0 Å². The number of nitrogen functional groups attached to an aromatic ring is 1. The summed E-state index contributed by atoms with van der Waals surface area (Å²) in [5, 5.41) is 10.6. The topological polar surface area (TPSA) is 59.1 Å². The lowest BCUT2D eigenvalue weighted by Crippen LogP contribution is -2.38. The van der Waals surface area contributed by atoms with Gasteiger partial charge in [0.15, 0.2) is 0 Å². The van der Waals surface area contributed by atoms with Crippen LogP contribution in [0, 0.1) is 5.92 Å². The van der Waals surface area contributed by atoms with Crippen molar-refractivity contribution in [2.24, 2.45) is 5.92 Å². The molecule has 1 aliphatic rings. The summed E-state index contributed by atoms with van der Waals surface area (Å²) in [5.41, 5.74) is 6.12. The number of nitrogens with zero attached hydrogens (tertiary/aromatic N) is 1. The number of rotatable bonds is 3. The summed E-state index contributed by atoms with van der Waals surface area (Å²) in [6.07, 6.45) is 8.49. The van der Waals surface area contributed by atoms with Gasteiger partial charge in [0.1, 0.15) is 5.82 Å². The molecule has 1 unspecified atom stereocenters. The lowest BCUT2D eigenvalue weighted by atomic mass is 9.75. The molecule has 1 aromatic heterocycles. The van der Waals surface area contributed by atoms with Crippen molar-refractivity contribution >= 4 is 5.82 Å². The van der Waals surface area contributed by atoms with Gasteiger partial charge in [-0.05, 0) is 43.4 Å². The predicted molar refractivity (Wildman–Crippen MR) is 69.6 cm³/mol. The molecule has 94 valence electrons. The van der Waals surface area contributed by atoms with Crippen LogP contribution in [-0.4, -0.2) is 15.7 Å². The van der Waals surface area contributed by atoms with E-state index in [2.05, 4.69) is 4.98 Å². The Hall–Kier alpha value is -1.09. The lowest BCUT2D eigenvalue weighted by molar-refractivity contribution is -0.0159. The Morgan fingerprint density at radius 1 is 1.41 bits per heavy atom. The minimum Gasteiger partial charge on any atom is -0.390 e. The third-order valence-electron chi connectivity index (χ3n) is 3.89. The minimum absolute atomic E-state index is 0.422. The van der Waals surface area contributed by atoms with E-state index in [0.29, 0.717) is 18.2 Å². The Balaban J connectivity index is 2.05. The second-order valence-electron chi connectivity index (χ2n) is 5.46. The van der Waals surface area contributed by atoms with Gasteiger partial charge < -0.3 is 10.8 Å². The molecule has 2 rings (SSSR count). The summed E-state index contributed by atoms with van der Waals surface area (Å²) in [6.45, 7) is 1.96. The molecular formula is C14H22N2O. The molecular weight excluding hydrogens is 212 g/mol. The third kappa shape index (κ3) is 3.19. The van der Waals surface area contributed by atoms with Crippen molar-refractivity contribution in [3.05, 3.63) is 23.9 Å². The van der Waals surface area contributed by atoms with Crippen molar-refractivity contribution in [2.75, 3.05) is 5.73 Å². The van der Waals surface area contributed by atoms with Crippen LogP contribution in [0.15, 0.2) is 18.3 Å². The highest BCUT2D eigenvalue weighted by Crippen LogP contribution is 2.34. The van der Waals surface area contributed by atoms with Gasteiger partial charge in [0.2, 0.25) is 0 Å². The summed E-state index contributed by atoms with van der Waals surface area (Å²) in [4.78, 5) is 3.98. The zero-order valence-corrected chi connectivity index (χ0v) is 10.5. The standard InChI is InChI=1S/C14H22N2O/c1-14(17,12-5-3-2-4-6-12)10-11-7-8-16-13(15)9-11/h7-9,12,17H,2-6,10H2,1H3,(H2,15,16). The average Bonchev–Trinajstić information content (AvgIpc) is 2.29. The van der Waals surface area contributed by atoms with Crippen molar-refractivity contribution in [2.45, 2.75) is 51.0 Å². The number of pyridine rings is 1. The van der Waals surface area contributed by atoms with Crippen LogP contribution >= 0.6 is 0 Å². The van der Waals surface area contributed by atoms with Gasteiger partial charge in [-0.15, -0.1) is 0 Å². The van der Waals surface area contributed by atoms with Crippen LogP contribution in [0.3, 0.4) is 0 Å². The van der Waals surface area contributed by atoms with E-state index in [1.165, 1.54) is 19.3 Å². The molecule has 1 fully saturated rings. The molecule has 1 heterocycles. The predicted octanol–water partition coefficient (Wildman–Crippen LogP) is 2.54. The highest BCUT2D eigenvalue weighted by atomic mass is 16.3.